The Morgan fingerprint density at radius 2 is 1.93 bits per heavy atom. The Bertz CT molecular complexity index is 1010. The van der Waals surface area contributed by atoms with Crippen LogP contribution in [0.1, 0.15) is 45.0 Å². The van der Waals surface area contributed by atoms with E-state index in [0.717, 1.165) is 0 Å². The number of fused-ring (bicyclic) bond motifs is 1. The van der Waals surface area contributed by atoms with Crippen molar-refractivity contribution < 1.29 is 19.1 Å². The molecule has 0 aliphatic carbocycles. The summed E-state index contributed by atoms with van der Waals surface area (Å²) >= 11 is 0. The van der Waals surface area contributed by atoms with Gasteiger partial charge in [-0.25, -0.2) is 9.59 Å². The summed E-state index contributed by atoms with van der Waals surface area (Å²) in [6.07, 6.45) is -0.556. The number of aromatic nitrogens is 1. The van der Waals surface area contributed by atoms with Gasteiger partial charge < -0.3 is 30.4 Å². The van der Waals surface area contributed by atoms with E-state index in [-0.39, 0.29) is 24.8 Å². The molecular formula is C21H30N4O5. The molecule has 0 saturated heterocycles. The summed E-state index contributed by atoms with van der Waals surface area (Å²) in [6.45, 7) is 9.13. The Hall–Kier alpha value is -3.23. The number of nitrogens with two attached hydrogens (primary N) is 1. The molecule has 0 aliphatic rings. The molecule has 164 valence electrons. The quantitative estimate of drug-likeness (QED) is 0.486. The maximum atomic E-state index is 12.9. The van der Waals surface area contributed by atoms with E-state index in [4.69, 9.17) is 15.2 Å². The van der Waals surface area contributed by atoms with Crippen LogP contribution in [-0.2, 0) is 16.5 Å². The Labute approximate surface area is 175 Å². The summed E-state index contributed by atoms with van der Waals surface area (Å²) in [5.41, 5.74) is 6.15. The lowest BCUT2D eigenvalue weighted by Gasteiger charge is -2.23. The number of hydrogen-bond donors (Lipinski definition) is 3. The van der Waals surface area contributed by atoms with Crippen molar-refractivity contribution in [3.8, 4) is 0 Å². The maximum Gasteiger partial charge on any atom is 0.407 e. The molecule has 2 rings (SSSR count). The summed E-state index contributed by atoms with van der Waals surface area (Å²) in [5.74, 6) is -0.725. The van der Waals surface area contributed by atoms with Crippen LogP contribution in [0.2, 0.25) is 0 Å². The van der Waals surface area contributed by atoms with Crippen LogP contribution in [0.5, 0.6) is 0 Å². The molecule has 1 amide bonds. The van der Waals surface area contributed by atoms with Gasteiger partial charge >= 0.3 is 12.1 Å². The molecule has 9 heteroatoms. The number of esters is 1. The highest BCUT2D eigenvalue weighted by Gasteiger charge is 2.24. The van der Waals surface area contributed by atoms with Gasteiger partial charge in [-0.1, -0.05) is 0 Å². The number of nitrogen functional groups attached to an aromatic ring is 1. The summed E-state index contributed by atoms with van der Waals surface area (Å²) in [5, 5.41) is 6.44. The first kappa shape index (κ1) is 23.1. The number of amides is 1. The van der Waals surface area contributed by atoms with Gasteiger partial charge in [-0.15, -0.1) is 0 Å². The van der Waals surface area contributed by atoms with Crippen molar-refractivity contribution in [3.05, 3.63) is 34.1 Å². The molecule has 0 fully saturated rings. The summed E-state index contributed by atoms with van der Waals surface area (Å²) in [6, 6.07) is 4.76. The van der Waals surface area contributed by atoms with Crippen molar-refractivity contribution in [2.24, 2.45) is 7.05 Å². The number of ether oxygens (including phenoxy) is 2. The van der Waals surface area contributed by atoms with Crippen molar-refractivity contribution in [3.63, 3.8) is 0 Å². The van der Waals surface area contributed by atoms with Crippen molar-refractivity contribution in [1.29, 1.82) is 0 Å². The van der Waals surface area contributed by atoms with Crippen molar-refractivity contribution >= 4 is 34.3 Å². The minimum Gasteiger partial charge on any atom is -0.462 e. The highest BCUT2D eigenvalue weighted by molar-refractivity contribution is 6.05. The maximum absolute atomic E-state index is 12.9. The standard InChI is InChI=1S/C21H30N4O5/c1-7-29-19(27)16-17(24-12(2)11-23-20(28)30-21(3,4)5)14-10-13(22)8-9-15(14)25(6)18(16)26/h8-10,12,24H,7,11,22H2,1-6H3,(H,23,28). The van der Waals surface area contributed by atoms with Crippen LogP contribution < -0.4 is 21.9 Å². The smallest absolute Gasteiger partial charge is 0.407 e. The molecule has 9 nitrogen and oxygen atoms in total. The first-order valence-electron chi connectivity index (χ1n) is 9.77. The van der Waals surface area contributed by atoms with Gasteiger partial charge in [0.2, 0.25) is 0 Å². The summed E-state index contributed by atoms with van der Waals surface area (Å²) in [7, 11) is 1.58. The molecule has 1 atom stereocenters. The number of hydrogen-bond acceptors (Lipinski definition) is 7. The molecule has 1 heterocycles. The molecule has 30 heavy (non-hydrogen) atoms. The van der Waals surface area contributed by atoms with Crippen molar-refractivity contribution in [2.45, 2.75) is 46.3 Å². The molecule has 4 N–H and O–H groups in total. The van der Waals surface area contributed by atoms with Crippen LogP contribution >= 0.6 is 0 Å². The van der Waals surface area contributed by atoms with E-state index < -0.39 is 23.2 Å². The SMILES string of the molecule is CCOC(=O)c1c(NC(C)CNC(=O)OC(C)(C)C)c2cc(N)ccc2n(C)c1=O. The van der Waals surface area contributed by atoms with E-state index in [1.165, 1.54) is 4.57 Å². The van der Waals surface area contributed by atoms with Crippen LogP contribution in [0.25, 0.3) is 10.9 Å². The van der Waals surface area contributed by atoms with E-state index in [2.05, 4.69) is 10.6 Å². The Morgan fingerprint density at radius 1 is 1.27 bits per heavy atom. The number of nitrogens with one attached hydrogen (secondary N) is 2. The predicted molar refractivity (Wildman–Crippen MR) is 117 cm³/mol. The molecule has 0 radical (unpaired) electrons. The number of pyridine rings is 1. The number of aryl methyl sites for hydroxylation is 1. The minimum absolute atomic E-state index is 0.110. The highest BCUT2D eigenvalue weighted by atomic mass is 16.6. The van der Waals surface area contributed by atoms with Gasteiger partial charge in [-0.3, -0.25) is 4.79 Å². The molecule has 0 saturated carbocycles. The topological polar surface area (TPSA) is 125 Å². The predicted octanol–water partition coefficient (Wildman–Crippen LogP) is 2.62. The zero-order chi connectivity index (χ0) is 22.6. The zero-order valence-electron chi connectivity index (χ0n) is 18.3. The van der Waals surface area contributed by atoms with E-state index >= 15 is 0 Å². The molecule has 1 aromatic heterocycles. The van der Waals surface area contributed by atoms with Crippen molar-refractivity contribution in [1.82, 2.24) is 9.88 Å². The van der Waals surface area contributed by atoms with E-state index in [1.54, 1.807) is 52.9 Å². The first-order valence-corrected chi connectivity index (χ1v) is 9.77. The fraction of sp³-hybridized carbons (Fsp3) is 0.476. The number of alkyl carbamates (subject to hydrolysis) is 1. The normalized spacial score (nSPS) is 12.3. The van der Waals surface area contributed by atoms with Gasteiger partial charge in [0, 0.05) is 30.7 Å². The number of rotatable bonds is 6. The van der Waals surface area contributed by atoms with Crippen molar-refractivity contribution in [2.75, 3.05) is 24.2 Å². The third kappa shape index (κ3) is 5.43. The summed E-state index contributed by atoms with van der Waals surface area (Å²) in [4.78, 5) is 37.4. The largest absolute Gasteiger partial charge is 0.462 e. The van der Waals surface area contributed by atoms with Crippen LogP contribution in [0.4, 0.5) is 16.2 Å². The second-order valence-corrected chi connectivity index (χ2v) is 8.04. The van der Waals surface area contributed by atoms with Crippen LogP contribution in [-0.4, -0.2) is 41.4 Å². The average Bonchev–Trinajstić information content (AvgIpc) is 2.63. The lowest BCUT2D eigenvalue weighted by Crippen LogP contribution is -2.39. The van der Waals surface area contributed by atoms with Gasteiger partial charge in [-0.05, 0) is 52.8 Å². The van der Waals surface area contributed by atoms with E-state index in [0.29, 0.717) is 22.3 Å². The van der Waals surface area contributed by atoms with Gasteiger partial charge in [0.05, 0.1) is 17.8 Å². The fourth-order valence-corrected chi connectivity index (χ4v) is 2.96. The molecule has 1 aromatic carbocycles. The second-order valence-electron chi connectivity index (χ2n) is 8.04. The molecule has 0 spiro atoms. The number of benzene rings is 1. The zero-order valence-corrected chi connectivity index (χ0v) is 18.3. The number of nitrogens with zero attached hydrogens (tertiary/aromatic N) is 1. The molecule has 0 aliphatic heterocycles. The van der Waals surface area contributed by atoms with Crippen LogP contribution in [0, 0.1) is 0 Å². The molecule has 0 bridgehead atoms. The van der Waals surface area contributed by atoms with E-state index in [1.807, 2.05) is 6.92 Å². The lowest BCUT2D eigenvalue weighted by atomic mass is 10.1. The second kappa shape index (κ2) is 9.06. The summed E-state index contributed by atoms with van der Waals surface area (Å²) < 4.78 is 11.7. The minimum atomic E-state index is -0.725. The third-order valence-corrected chi connectivity index (χ3v) is 4.24. The van der Waals surface area contributed by atoms with Gasteiger partial charge in [0.1, 0.15) is 11.2 Å². The van der Waals surface area contributed by atoms with Gasteiger partial charge in [0.15, 0.2) is 0 Å². The number of anilines is 2. The lowest BCUT2D eigenvalue weighted by molar-refractivity contribution is 0.0513. The molecule has 2 aromatic rings. The first-order chi connectivity index (χ1) is 13.9. The third-order valence-electron chi connectivity index (χ3n) is 4.24. The fourth-order valence-electron chi connectivity index (χ4n) is 2.96. The average molecular weight is 418 g/mol. The molecular weight excluding hydrogens is 388 g/mol. The Morgan fingerprint density at radius 3 is 2.53 bits per heavy atom. The monoisotopic (exact) mass is 418 g/mol. The molecule has 1 unspecified atom stereocenters. The van der Waals surface area contributed by atoms with E-state index in [9.17, 15) is 14.4 Å². The Balaban J connectivity index is 2.43. The van der Waals surface area contributed by atoms with Crippen LogP contribution in [0.15, 0.2) is 23.0 Å². The number of carbonyl (C=O) groups is 2. The Kier molecular flexibility index (Phi) is 6.96. The number of carbonyl (C=O) groups excluding carboxylic acids is 2. The van der Waals surface area contributed by atoms with Gasteiger partial charge in [0.25, 0.3) is 5.56 Å². The highest BCUT2D eigenvalue weighted by Crippen LogP contribution is 2.28. The van der Waals surface area contributed by atoms with Crippen LogP contribution in [0.3, 0.4) is 0 Å². The van der Waals surface area contributed by atoms with Gasteiger partial charge in [-0.2, -0.15) is 0 Å².